The molecule has 55 heavy (non-hydrogen) atoms. The number of hydrogen-bond donors (Lipinski definition) is 0. The zero-order valence-corrected chi connectivity index (χ0v) is 29.8. The minimum Gasteiger partial charge on any atom is -0.309 e. The molecule has 0 spiro atoms. The van der Waals surface area contributed by atoms with Crippen molar-refractivity contribution in [3.05, 3.63) is 194 Å². The van der Waals surface area contributed by atoms with E-state index in [2.05, 4.69) is 193 Å². The van der Waals surface area contributed by atoms with Gasteiger partial charge in [0, 0.05) is 33.2 Å². The Balaban J connectivity index is 1.23. The van der Waals surface area contributed by atoms with Crippen LogP contribution in [0.5, 0.6) is 0 Å². The molecule has 0 amide bonds. The second-order valence-electron chi connectivity index (χ2n) is 14.0. The molecule has 11 rings (SSSR count). The lowest BCUT2D eigenvalue weighted by Crippen LogP contribution is -2.02. The van der Waals surface area contributed by atoms with E-state index in [1.54, 1.807) is 0 Å². The van der Waals surface area contributed by atoms with Crippen LogP contribution < -0.4 is 0 Å². The van der Waals surface area contributed by atoms with Crippen molar-refractivity contribution in [3.63, 3.8) is 0 Å². The first kappa shape index (κ1) is 31.1. The van der Waals surface area contributed by atoms with Crippen LogP contribution in [-0.4, -0.2) is 19.5 Å². The molecule has 0 unspecified atom stereocenters. The van der Waals surface area contributed by atoms with Crippen molar-refractivity contribution in [3.8, 4) is 51.0 Å². The van der Waals surface area contributed by atoms with E-state index in [-0.39, 0.29) is 0 Å². The van der Waals surface area contributed by atoms with Crippen LogP contribution >= 0.6 is 0 Å². The Morgan fingerprint density at radius 2 is 0.909 bits per heavy atom. The Hall–Kier alpha value is -7.43. The number of fused-ring (bicyclic) bond motifs is 7. The highest BCUT2D eigenvalue weighted by atomic mass is 15.0. The van der Waals surface area contributed by atoms with Gasteiger partial charge in [0.1, 0.15) is 0 Å². The second kappa shape index (κ2) is 12.6. The van der Waals surface area contributed by atoms with E-state index in [0.29, 0.717) is 17.5 Å². The molecule has 0 atom stereocenters. The molecule has 2 aromatic heterocycles. The van der Waals surface area contributed by atoms with Crippen LogP contribution in [0.3, 0.4) is 0 Å². The van der Waals surface area contributed by atoms with Gasteiger partial charge in [0.05, 0.1) is 11.0 Å². The maximum atomic E-state index is 5.41. The molecule has 256 valence electrons. The quantitative estimate of drug-likeness (QED) is 0.133. The summed E-state index contributed by atoms with van der Waals surface area (Å²) in [7, 11) is 0. The standard InChI is InChI=1S/C51H32N4/c1-3-15-33(16-4-1)38-21-11-12-25-44(38)50-52-49(36-28-29-42-41-24-13-14-26-46(41)55(47(42)32-36)37-19-5-2-6-20-37)53-51(54-50)48-40-23-10-8-18-35(40)31-45-39-22-9-7-17-34(39)27-30-43(45)48/h1-32H. The van der Waals surface area contributed by atoms with Gasteiger partial charge in [-0.3, -0.25) is 0 Å². The first-order valence-electron chi connectivity index (χ1n) is 18.6. The Kier molecular flexibility index (Phi) is 7.14. The van der Waals surface area contributed by atoms with Crippen molar-refractivity contribution in [2.45, 2.75) is 0 Å². The molecule has 0 aliphatic heterocycles. The monoisotopic (exact) mass is 700 g/mol. The van der Waals surface area contributed by atoms with E-state index >= 15 is 0 Å². The lowest BCUT2D eigenvalue weighted by molar-refractivity contribution is 1.08. The lowest BCUT2D eigenvalue weighted by Gasteiger charge is -2.16. The highest BCUT2D eigenvalue weighted by molar-refractivity contribution is 6.19. The Morgan fingerprint density at radius 1 is 0.309 bits per heavy atom. The van der Waals surface area contributed by atoms with Crippen molar-refractivity contribution in [2.75, 3.05) is 0 Å². The molecule has 0 fully saturated rings. The second-order valence-corrected chi connectivity index (χ2v) is 14.0. The third-order valence-corrected chi connectivity index (χ3v) is 10.8. The Bertz CT molecular complexity index is 3260. The predicted molar refractivity (Wildman–Crippen MR) is 228 cm³/mol. The van der Waals surface area contributed by atoms with Crippen molar-refractivity contribution in [1.82, 2.24) is 19.5 Å². The molecule has 0 radical (unpaired) electrons. The maximum Gasteiger partial charge on any atom is 0.165 e. The van der Waals surface area contributed by atoms with Gasteiger partial charge in [0.15, 0.2) is 17.5 Å². The molecule has 9 aromatic carbocycles. The summed E-state index contributed by atoms with van der Waals surface area (Å²) in [5.74, 6) is 1.89. The van der Waals surface area contributed by atoms with Gasteiger partial charge in [-0.25, -0.2) is 15.0 Å². The molecule has 0 aliphatic rings. The summed E-state index contributed by atoms with van der Waals surface area (Å²) < 4.78 is 2.34. The number of rotatable bonds is 5. The normalized spacial score (nSPS) is 11.6. The zero-order valence-electron chi connectivity index (χ0n) is 29.8. The van der Waals surface area contributed by atoms with Crippen molar-refractivity contribution in [1.29, 1.82) is 0 Å². The van der Waals surface area contributed by atoms with Gasteiger partial charge in [-0.2, -0.15) is 0 Å². The van der Waals surface area contributed by atoms with E-state index in [1.165, 1.54) is 26.9 Å². The van der Waals surface area contributed by atoms with Gasteiger partial charge in [0.2, 0.25) is 0 Å². The molecule has 2 heterocycles. The first-order chi connectivity index (χ1) is 27.3. The maximum absolute atomic E-state index is 5.41. The minimum atomic E-state index is 0.622. The van der Waals surface area contributed by atoms with Gasteiger partial charge in [-0.05, 0) is 73.8 Å². The first-order valence-corrected chi connectivity index (χ1v) is 18.6. The number of nitrogens with zero attached hydrogens (tertiary/aromatic N) is 4. The van der Waals surface area contributed by atoms with Crippen LogP contribution in [0.25, 0.3) is 105 Å². The van der Waals surface area contributed by atoms with Crippen molar-refractivity contribution in [2.24, 2.45) is 0 Å². The van der Waals surface area contributed by atoms with Crippen LogP contribution in [0.2, 0.25) is 0 Å². The third-order valence-electron chi connectivity index (χ3n) is 10.8. The van der Waals surface area contributed by atoms with E-state index in [4.69, 9.17) is 15.0 Å². The smallest absolute Gasteiger partial charge is 0.165 e. The fraction of sp³-hybridized carbons (Fsp3) is 0. The molecular formula is C51H32N4. The summed E-state index contributed by atoms with van der Waals surface area (Å²) in [6, 6.07) is 68.6. The fourth-order valence-electron chi connectivity index (χ4n) is 8.31. The molecule has 0 bridgehead atoms. The van der Waals surface area contributed by atoms with E-state index in [1.807, 2.05) is 6.07 Å². The van der Waals surface area contributed by atoms with Gasteiger partial charge in [-0.1, -0.05) is 164 Å². The molecule has 0 N–H and O–H groups in total. The molecule has 0 saturated carbocycles. The van der Waals surface area contributed by atoms with Crippen molar-refractivity contribution < 1.29 is 0 Å². The molecule has 4 nitrogen and oxygen atoms in total. The molecular weight excluding hydrogens is 669 g/mol. The fourth-order valence-corrected chi connectivity index (χ4v) is 8.31. The lowest BCUT2D eigenvalue weighted by atomic mass is 9.93. The summed E-state index contributed by atoms with van der Waals surface area (Å²) in [6.45, 7) is 0. The number of hydrogen-bond acceptors (Lipinski definition) is 3. The Labute approximate surface area is 317 Å². The minimum absolute atomic E-state index is 0.622. The van der Waals surface area contributed by atoms with Crippen molar-refractivity contribution >= 4 is 54.1 Å². The van der Waals surface area contributed by atoms with Gasteiger partial charge in [-0.15, -0.1) is 0 Å². The van der Waals surface area contributed by atoms with Gasteiger partial charge in [0.25, 0.3) is 0 Å². The number of para-hydroxylation sites is 2. The van der Waals surface area contributed by atoms with Crippen LogP contribution in [0, 0.1) is 0 Å². The van der Waals surface area contributed by atoms with Crippen LogP contribution in [0.4, 0.5) is 0 Å². The molecule has 0 saturated heterocycles. The highest BCUT2D eigenvalue weighted by Gasteiger charge is 2.21. The van der Waals surface area contributed by atoms with E-state index in [0.717, 1.165) is 60.7 Å². The van der Waals surface area contributed by atoms with Gasteiger partial charge >= 0.3 is 0 Å². The van der Waals surface area contributed by atoms with Gasteiger partial charge < -0.3 is 4.57 Å². The molecule has 4 heteroatoms. The summed E-state index contributed by atoms with van der Waals surface area (Å²) >= 11 is 0. The third kappa shape index (κ3) is 5.11. The summed E-state index contributed by atoms with van der Waals surface area (Å²) in [5, 5.41) is 9.32. The molecule has 0 aliphatic carbocycles. The van der Waals surface area contributed by atoms with Crippen LogP contribution in [0.1, 0.15) is 0 Å². The summed E-state index contributed by atoms with van der Waals surface area (Å²) in [4.78, 5) is 16.1. The Morgan fingerprint density at radius 3 is 1.75 bits per heavy atom. The number of aromatic nitrogens is 4. The van der Waals surface area contributed by atoms with E-state index in [9.17, 15) is 0 Å². The highest BCUT2D eigenvalue weighted by Crippen LogP contribution is 2.41. The van der Waals surface area contributed by atoms with Crippen LogP contribution in [-0.2, 0) is 0 Å². The topological polar surface area (TPSA) is 43.6 Å². The predicted octanol–water partition coefficient (Wildman–Crippen LogP) is 13.1. The average molecular weight is 701 g/mol. The van der Waals surface area contributed by atoms with E-state index < -0.39 is 0 Å². The SMILES string of the molecule is c1ccc(-c2ccccc2-c2nc(-c3ccc4c5ccccc5n(-c5ccccc5)c4c3)nc(-c3c4ccccc4cc4c3ccc3ccccc34)n2)cc1. The summed E-state index contributed by atoms with van der Waals surface area (Å²) in [6.07, 6.45) is 0. The average Bonchev–Trinajstić information content (AvgIpc) is 3.59. The van der Waals surface area contributed by atoms with Crippen LogP contribution in [0.15, 0.2) is 194 Å². The largest absolute Gasteiger partial charge is 0.309 e. The number of benzene rings is 9. The zero-order chi connectivity index (χ0) is 36.3. The summed E-state index contributed by atoms with van der Waals surface area (Å²) in [5.41, 5.74) is 8.41. The molecule has 11 aromatic rings.